The monoisotopic (exact) mass is 637 g/mol. The maximum absolute atomic E-state index is 14.8. The van der Waals surface area contributed by atoms with Crippen molar-refractivity contribution in [1.82, 2.24) is 19.8 Å². The number of nitrogens with zero attached hydrogens (tertiary/aromatic N) is 4. The average molecular weight is 639 g/mol. The molecule has 0 saturated carbocycles. The Balaban J connectivity index is 0.00000231. The number of benzene rings is 3. The number of rotatable bonds is 8. The standard InChI is InChI=1S/C30H30Cl2FN5O.2ClH/c1-21-28(35-29(22-9-3-2-4-10-22)38(21)25-13-6-5-12-24(25)33)30(39)34-15-8-16-36-17-19-37(20-18-36)26-14-7-11-23(31)27(26)32;;/h2-7,9-14H,8,15-20H2,1H3,(H,34,39);2*1H. The van der Waals surface area contributed by atoms with E-state index >= 15 is 0 Å². The summed E-state index contributed by atoms with van der Waals surface area (Å²) in [4.78, 5) is 22.5. The van der Waals surface area contributed by atoms with Gasteiger partial charge in [-0.25, -0.2) is 9.37 Å². The Morgan fingerprint density at radius 2 is 1.56 bits per heavy atom. The molecule has 0 atom stereocenters. The number of amides is 1. The molecule has 6 nitrogen and oxygen atoms in total. The maximum Gasteiger partial charge on any atom is 0.271 e. The Morgan fingerprint density at radius 3 is 2.27 bits per heavy atom. The number of anilines is 1. The molecule has 1 amide bonds. The van der Waals surface area contributed by atoms with Gasteiger partial charge in [0.1, 0.15) is 17.3 Å². The number of hydrogen-bond donors (Lipinski definition) is 1. The summed E-state index contributed by atoms with van der Waals surface area (Å²) in [6.45, 7) is 6.73. The zero-order valence-electron chi connectivity index (χ0n) is 22.5. The third kappa shape index (κ3) is 7.34. The fourth-order valence-corrected chi connectivity index (χ4v) is 5.38. The van der Waals surface area contributed by atoms with E-state index in [0.717, 1.165) is 50.4 Å². The molecule has 2 heterocycles. The lowest BCUT2D eigenvalue weighted by Crippen LogP contribution is -2.47. The normalized spacial score (nSPS) is 13.3. The smallest absolute Gasteiger partial charge is 0.271 e. The van der Waals surface area contributed by atoms with E-state index in [1.807, 2.05) is 42.5 Å². The highest BCUT2D eigenvalue weighted by Gasteiger charge is 2.23. The van der Waals surface area contributed by atoms with Crippen LogP contribution in [0, 0.1) is 12.7 Å². The zero-order chi connectivity index (χ0) is 27.4. The van der Waals surface area contributed by atoms with Crippen LogP contribution in [0.2, 0.25) is 10.0 Å². The summed E-state index contributed by atoms with van der Waals surface area (Å²) in [7, 11) is 0. The Morgan fingerprint density at radius 1 is 0.902 bits per heavy atom. The number of imidazole rings is 1. The van der Waals surface area contributed by atoms with Gasteiger partial charge in [0, 0.05) is 38.3 Å². The summed E-state index contributed by atoms with van der Waals surface area (Å²) in [5.74, 6) is -0.110. The first kappa shape index (κ1) is 32.7. The second kappa shape index (κ2) is 14.9. The zero-order valence-corrected chi connectivity index (χ0v) is 25.7. The highest BCUT2D eigenvalue weighted by molar-refractivity contribution is 6.43. The van der Waals surface area contributed by atoms with Gasteiger partial charge in [-0.1, -0.05) is 71.7 Å². The number of halogens is 5. The van der Waals surface area contributed by atoms with E-state index < -0.39 is 0 Å². The summed E-state index contributed by atoms with van der Waals surface area (Å²) >= 11 is 12.6. The molecule has 5 rings (SSSR count). The van der Waals surface area contributed by atoms with Crippen molar-refractivity contribution in [3.63, 3.8) is 0 Å². The Labute approximate surface area is 262 Å². The van der Waals surface area contributed by atoms with Crippen molar-refractivity contribution in [2.75, 3.05) is 44.2 Å². The van der Waals surface area contributed by atoms with Crippen LogP contribution < -0.4 is 10.2 Å². The van der Waals surface area contributed by atoms with E-state index in [1.54, 1.807) is 35.8 Å². The van der Waals surface area contributed by atoms with Crippen LogP contribution >= 0.6 is 48.0 Å². The first-order valence-electron chi connectivity index (χ1n) is 13.0. The van der Waals surface area contributed by atoms with Crippen molar-refractivity contribution in [2.24, 2.45) is 0 Å². The highest BCUT2D eigenvalue weighted by Crippen LogP contribution is 2.33. The van der Waals surface area contributed by atoms with Gasteiger partial charge in [-0.2, -0.15) is 0 Å². The summed E-state index contributed by atoms with van der Waals surface area (Å²) < 4.78 is 16.5. The van der Waals surface area contributed by atoms with Crippen LogP contribution in [0.5, 0.6) is 0 Å². The van der Waals surface area contributed by atoms with E-state index in [4.69, 9.17) is 23.2 Å². The molecule has 0 spiro atoms. The molecule has 1 N–H and O–H groups in total. The molecule has 0 unspecified atom stereocenters. The van der Waals surface area contributed by atoms with Crippen LogP contribution in [0.3, 0.4) is 0 Å². The van der Waals surface area contributed by atoms with Crippen molar-refractivity contribution >= 4 is 59.6 Å². The minimum Gasteiger partial charge on any atom is -0.368 e. The number of para-hydroxylation sites is 1. The van der Waals surface area contributed by atoms with E-state index in [2.05, 4.69) is 20.1 Å². The number of nitrogens with one attached hydrogen (secondary N) is 1. The van der Waals surface area contributed by atoms with Gasteiger partial charge in [0.2, 0.25) is 0 Å². The van der Waals surface area contributed by atoms with E-state index in [1.165, 1.54) is 6.07 Å². The summed E-state index contributed by atoms with van der Waals surface area (Å²) in [6.07, 6.45) is 0.808. The lowest BCUT2D eigenvalue weighted by Gasteiger charge is -2.36. The van der Waals surface area contributed by atoms with Crippen molar-refractivity contribution < 1.29 is 9.18 Å². The molecule has 41 heavy (non-hydrogen) atoms. The molecule has 4 aromatic rings. The summed E-state index contributed by atoms with van der Waals surface area (Å²) in [6, 6.07) is 21.7. The van der Waals surface area contributed by atoms with E-state index in [-0.39, 0.29) is 36.5 Å². The van der Waals surface area contributed by atoms with Gasteiger partial charge in [-0.3, -0.25) is 14.3 Å². The van der Waals surface area contributed by atoms with Crippen LogP contribution in [-0.4, -0.2) is 59.6 Å². The first-order valence-corrected chi connectivity index (χ1v) is 13.8. The summed E-state index contributed by atoms with van der Waals surface area (Å²) in [5, 5.41) is 4.17. The molecule has 1 fully saturated rings. The van der Waals surface area contributed by atoms with Gasteiger partial charge in [-0.15, -0.1) is 24.8 Å². The van der Waals surface area contributed by atoms with Crippen molar-refractivity contribution in [3.05, 3.63) is 100 Å². The Kier molecular flexibility index (Phi) is 11.9. The molecule has 3 aromatic carbocycles. The lowest BCUT2D eigenvalue weighted by atomic mass is 10.2. The minimum atomic E-state index is -0.375. The molecular formula is C30H32Cl4FN5O. The summed E-state index contributed by atoms with van der Waals surface area (Å²) in [5.41, 5.74) is 3.02. The van der Waals surface area contributed by atoms with Crippen LogP contribution in [0.4, 0.5) is 10.1 Å². The van der Waals surface area contributed by atoms with Gasteiger partial charge in [0.25, 0.3) is 5.91 Å². The number of aromatic nitrogens is 2. The molecule has 218 valence electrons. The Hall–Kier alpha value is -2.81. The fraction of sp³-hybridized carbons (Fsp3) is 0.267. The predicted octanol–water partition coefficient (Wildman–Crippen LogP) is 7.08. The highest BCUT2D eigenvalue weighted by atomic mass is 35.5. The molecule has 1 aromatic heterocycles. The number of carbonyl (C=O) groups is 1. The fourth-order valence-electron chi connectivity index (χ4n) is 4.96. The average Bonchev–Trinajstić information content (AvgIpc) is 3.30. The third-order valence-electron chi connectivity index (χ3n) is 7.03. The molecule has 0 aliphatic carbocycles. The molecular weight excluding hydrogens is 607 g/mol. The first-order chi connectivity index (χ1) is 18.9. The number of piperazine rings is 1. The molecule has 1 saturated heterocycles. The van der Waals surface area contributed by atoms with Crippen LogP contribution in [-0.2, 0) is 0 Å². The van der Waals surface area contributed by atoms with E-state index in [0.29, 0.717) is 39.5 Å². The molecule has 0 radical (unpaired) electrons. The van der Waals surface area contributed by atoms with Crippen molar-refractivity contribution in [2.45, 2.75) is 13.3 Å². The molecule has 11 heteroatoms. The largest absolute Gasteiger partial charge is 0.368 e. The number of carbonyl (C=O) groups excluding carboxylic acids is 1. The van der Waals surface area contributed by atoms with Crippen LogP contribution in [0.25, 0.3) is 17.1 Å². The van der Waals surface area contributed by atoms with Gasteiger partial charge < -0.3 is 10.2 Å². The van der Waals surface area contributed by atoms with Crippen molar-refractivity contribution in [3.8, 4) is 17.1 Å². The maximum atomic E-state index is 14.8. The SMILES string of the molecule is Cc1c(C(=O)NCCCN2CCN(c3cccc(Cl)c3Cl)CC2)nc(-c2ccccc2)n1-c1ccccc1F.Cl.Cl. The van der Waals surface area contributed by atoms with Gasteiger partial charge in [-0.05, 0) is 44.2 Å². The third-order valence-corrected chi connectivity index (χ3v) is 7.84. The lowest BCUT2D eigenvalue weighted by molar-refractivity contribution is 0.0946. The molecule has 0 bridgehead atoms. The van der Waals surface area contributed by atoms with Crippen LogP contribution in [0.1, 0.15) is 22.6 Å². The number of hydrogen-bond acceptors (Lipinski definition) is 4. The van der Waals surface area contributed by atoms with Gasteiger partial charge in [0.15, 0.2) is 0 Å². The van der Waals surface area contributed by atoms with E-state index in [9.17, 15) is 9.18 Å². The van der Waals surface area contributed by atoms with Crippen molar-refractivity contribution in [1.29, 1.82) is 0 Å². The topological polar surface area (TPSA) is 53.4 Å². The van der Waals surface area contributed by atoms with Crippen LogP contribution in [0.15, 0.2) is 72.8 Å². The predicted molar refractivity (Wildman–Crippen MR) is 170 cm³/mol. The second-order valence-corrected chi connectivity index (χ2v) is 10.3. The van der Waals surface area contributed by atoms with Gasteiger partial charge >= 0.3 is 0 Å². The quantitative estimate of drug-likeness (QED) is 0.210. The Bertz CT molecular complexity index is 1460. The second-order valence-electron chi connectivity index (χ2n) is 9.53. The van der Waals surface area contributed by atoms with Gasteiger partial charge in [0.05, 0.1) is 27.1 Å². The molecule has 1 aliphatic heterocycles. The minimum absolute atomic E-state index is 0. The molecule has 1 aliphatic rings.